The summed E-state index contributed by atoms with van der Waals surface area (Å²) in [5.41, 5.74) is 1.90. The first-order valence-corrected chi connectivity index (χ1v) is 8.01. The van der Waals surface area contributed by atoms with Gasteiger partial charge in [0.25, 0.3) is 0 Å². The second-order valence-corrected chi connectivity index (χ2v) is 7.16. The van der Waals surface area contributed by atoms with Gasteiger partial charge in [-0.3, -0.25) is 4.79 Å². The highest BCUT2D eigenvalue weighted by Crippen LogP contribution is 2.34. The second kappa shape index (κ2) is 6.18. The van der Waals surface area contributed by atoms with Gasteiger partial charge in [-0.15, -0.1) is 0 Å². The van der Waals surface area contributed by atoms with Gasteiger partial charge in [-0.2, -0.15) is 0 Å². The van der Waals surface area contributed by atoms with Gasteiger partial charge >= 0.3 is 0 Å². The van der Waals surface area contributed by atoms with Crippen molar-refractivity contribution in [2.24, 2.45) is 5.41 Å². The van der Waals surface area contributed by atoms with E-state index in [1.165, 1.54) is 5.56 Å². The molecule has 0 spiro atoms. The molecule has 2 N–H and O–H groups in total. The van der Waals surface area contributed by atoms with E-state index in [2.05, 4.69) is 44.4 Å². The zero-order chi connectivity index (χ0) is 15.5. The van der Waals surface area contributed by atoms with E-state index in [-0.39, 0.29) is 16.7 Å². The van der Waals surface area contributed by atoms with Gasteiger partial charge in [0, 0.05) is 12.2 Å². The molecule has 1 unspecified atom stereocenters. The fourth-order valence-electron chi connectivity index (χ4n) is 3.12. The lowest BCUT2D eigenvalue weighted by molar-refractivity contribution is -0.126. The molecular formula is C18H28N2O. The van der Waals surface area contributed by atoms with Crippen LogP contribution in [-0.2, 0) is 10.2 Å². The molecule has 1 aromatic carbocycles. The van der Waals surface area contributed by atoms with Crippen molar-refractivity contribution in [1.29, 1.82) is 0 Å². The highest BCUT2D eigenvalue weighted by atomic mass is 16.2. The van der Waals surface area contributed by atoms with Gasteiger partial charge in [-0.1, -0.05) is 45.9 Å². The fourth-order valence-corrected chi connectivity index (χ4v) is 3.12. The van der Waals surface area contributed by atoms with Crippen LogP contribution in [0.2, 0.25) is 0 Å². The number of rotatable bonds is 3. The van der Waals surface area contributed by atoms with Gasteiger partial charge in [0.05, 0.1) is 5.41 Å². The number of anilines is 1. The van der Waals surface area contributed by atoms with E-state index in [1.54, 1.807) is 0 Å². The molecule has 0 aromatic heterocycles. The minimum absolute atomic E-state index is 0.0219. The first kappa shape index (κ1) is 16.0. The highest BCUT2D eigenvalue weighted by Gasteiger charge is 2.38. The normalized spacial score (nSPS) is 22.9. The van der Waals surface area contributed by atoms with E-state index in [4.69, 9.17) is 0 Å². The van der Waals surface area contributed by atoms with Gasteiger partial charge in [-0.25, -0.2) is 0 Å². The number of nitrogens with one attached hydrogen (secondary N) is 2. The Hall–Kier alpha value is -1.35. The van der Waals surface area contributed by atoms with Crippen LogP contribution in [0.1, 0.15) is 52.5 Å². The molecule has 1 aliphatic heterocycles. The number of carbonyl (C=O) groups is 1. The smallest absolute Gasteiger partial charge is 0.231 e. The lowest BCUT2D eigenvalue weighted by Crippen LogP contribution is -2.47. The number of amides is 1. The van der Waals surface area contributed by atoms with Crippen LogP contribution in [0.3, 0.4) is 0 Å². The predicted molar refractivity (Wildman–Crippen MR) is 88.6 cm³/mol. The molecule has 0 saturated carbocycles. The molecule has 1 amide bonds. The fraction of sp³-hybridized carbons (Fsp3) is 0.611. The summed E-state index contributed by atoms with van der Waals surface area (Å²) in [6.45, 7) is 10.4. The lowest BCUT2D eigenvalue weighted by atomic mass is 9.77. The Kier molecular flexibility index (Phi) is 4.72. The molecule has 21 heavy (non-hydrogen) atoms. The van der Waals surface area contributed by atoms with Crippen LogP contribution in [0.25, 0.3) is 0 Å². The van der Waals surface area contributed by atoms with Crippen molar-refractivity contribution in [3.63, 3.8) is 0 Å². The van der Waals surface area contributed by atoms with Crippen molar-refractivity contribution < 1.29 is 4.79 Å². The topological polar surface area (TPSA) is 41.1 Å². The van der Waals surface area contributed by atoms with Gasteiger partial charge < -0.3 is 10.6 Å². The zero-order valence-corrected chi connectivity index (χ0v) is 13.8. The van der Waals surface area contributed by atoms with E-state index in [1.807, 2.05) is 18.2 Å². The average molecular weight is 288 g/mol. The number of hydrogen-bond donors (Lipinski definition) is 2. The molecule has 2 rings (SSSR count). The molecule has 0 aliphatic carbocycles. The van der Waals surface area contributed by atoms with Gasteiger partial charge in [0.1, 0.15) is 0 Å². The van der Waals surface area contributed by atoms with Crippen LogP contribution in [0.4, 0.5) is 5.69 Å². The monoisotopic (exact) mass is 288 g/mol. The summed E-state index contributed by atoms with van der Waals surface area (Å²) in [6.07, 6.45) is 2.92. The van der Waals surface area contributed by atoms with Crippen LogP contribution >= 0.6 is 0 Å². The van der Waals surface area contributed by atoms with Gasteiger partial charge in [0.2, 0.25) is 5.91 Å². The minimum atomic E-state index is -0.261. The summed E-state index contributed by atoms with van der Waals surface area (Å²) in [5.74, 6) is 0.161. The van der Waals surface area contributed by atoms with Crippen molar-refractivity contribution in [2.75, 3.05) is 18.4 Å². The quantitative estimate of drug-likeness (QED) is 0.890. The summed E-state index contributed by atoms with van der Waals surface area (Å²) in [6, 6.07) is 8.14. The molecule has 1 heterocycles. The molecule has 116 valence electrons. The summed E-state index contributed by atoms with van der Waals surface area (Å²) < 4.78 is 0. The number of hydrogen-bond acceptors (Lipinski definition) is 2. The number of benzene rings is 1. The standard InChI is InChI=1S/C18H28N2O/c1-5-18(11-8-12-19-13-18)16(21)20-15-10-7-6-9-14(15)17(2,3)4/h6-7,9-10,19H,5,8,11-13H2,1-4H3,(H,20,21). The van der Waals surface area contributed by atoms with Crippen molar-refractivity contribution in [3.8, 4) is 0 Å². The third-order valence-electron chi connectivity index (χ3n) is 4.61. The van der Waals surface area contributed by atoms with E-state index in [0.717, 1.165) is 38.0 Å². The van der Waals surface area contributed by atoms with Gasteiger partial charge in [-0.05, 0) is 42.9 Å². The van der Waals surface area contributed by atoms with Crippen LogP contribution in [0, 0.1) is 5.41 Å². The summed E-state index contributed by atoms with van der Waals surface area (Å²) >= 11 is 0. The van der Waals surface area contributed by atoms with Crippen LogP contribution < -0.4 is 10.6 Å². The molecule has 1 atom stereocenters. The molecule has 3 heteroatoms. The molecule has 1 aliphatic rings. The maximum absolute atomic E-state index is 12.8. The molecule has 3 nitrogen and oxygen atoms in total. The summed E-state index contributed by atoms with van der Waals surface area (Å²) in [5, 5.41) is 6.58. The third kappa shape index (κ3) is 3.46. The average Bonchev–Trinajstić information content (AvgIpc) is 2.47. The Morgan fingerprint density at radius 1 is 1.33 bits per heavy atom. The molecule has 0 radical (unpaired) electrons. The first-order chi connectivity index (χ1) is 9.89. The summed E-state index contributed by atoms with van der Waals surface area (Å²) in [4.78, 5) is 12.8. The lowest BCUT2D eigenvalue weighted by Gasteiger charge is -2.36. The molecule has 1 fully saturated rings. The Labute approximate surface area is 128 Å². The Morgan fingerprint density at radius 3 is 2.62 bits per heavy atom. The maximum atomic E-state index is 12.8. The van der Waals surface area contributed by atoms with Crippen molar-refractivity contribution in [1.82, 2.24) is 5.32 Å². The van der Waals surface area contributed by atoms with E-state index < -0.39 is 0 Å². The number of piperidine rings is 1. The summed E-state index contributed by atoms with van der Waals surface area (Å²) in [7, 11) is 0. The van der Waals surface area contributed by atoms with Crippen molar-refractivity contribution in [2.45, 2.75) is 52.4 Å². The van der Waals surface area contributed by atoms with E-state index in [9.17, 15) is 4.79 Å². The maximum Gasteiger partial charge on any atom is 0.231 e. The van der Waals surface area contributed by atoms with Crippen LogP contribution in [-0.4, -0.2) is 19.0 Å². The number of para-hydroxylation sites is 1. The Morgan fingerprint density at radius 2 is 2.05 bits per heavy atom. The first-order valence-electron chi connectivity index (χ1n) is 8.01. The second-order valence-electron chi connectivity index (χ2n) is 7.16. The molecule has 1 aromatic rings. The van der Waals surface area contributed by atoms with Crippen LogP contribution in [0.15, 0.2) is 24.3 Å². The molecule has 0 bridgehead atoms. The predicted octanol–water partition coefficient (Wildman–Crippen LogP) is 3.70. The Bertz CT molecular complexity index is 496. The van der Waals surface area contributed by atoms with Crippen LogP contribution in [0.5, 0.6) is 0 Å². The Balaban J connectivity index is 2.23. The van der Waals surface area contributed by atoms with E-state index in [0.29, 0.717) is 0 Å². The number of carbonyl (C=O) groups excluding carboxylic acids is 1. The molecular weight excluding hydrogens is 260 g/mol. The minimum Gasteiger partial charge on any atom is -0.325 e. The van der Waals surface area contributed by atoms with Crippen molar-refractivity contribution in [3.05, 3.63) is 29.8 Å². The largest absolute Gasteiger partial charge is 0.325 e. The SMILES string of the molecule is CCC1(C(=O)Nc2ccccc2C(C)(C)C)CCCNC1. The zero-order valence-electron chi connectivity index (χ0n) is 13.8. The highest BCUT2D eigenvalue weighted by molar-refractivity contribution is 5.96. The molecule has 1 saturated heterocycles. The van der Waals surface area contributed by atoms with E-state index >= 15 is 0 Å². The van der Waals surface area contributed by atoms with Gasteiger partial charge in [0.15, 0.2) is 0 Å². The third-order valence-corrected chi connectivity index (χ3v) is 4.61. The van der Waals surface area contributed by atoms with Crippen molar-refractivity contribution >= 4 is 11.6 Å².